The molecule has 2 saturated heterocycles. The normalized spacial score (nSPS) is 33.9. The largest absolute Gasteiger partial charge is 0.390 e. The quantitative estimate of drug-likeness (QED) is 0.721. The summed E-state index contributed by atoms with van der Waals surface area (Å²) in [6, 6.07) is 0.252. The SMILES string of the molecule is C[C@]1(O)CCOC[C@H]1[C@H]1CCCN1CC(=O)NCCC1=CCCCC1. The Labute approximate surface area is 151 Å². The molecular formula is C20H34N2O3. The minimum Gasteiger partial charge on any atom is -0.390 e. The lowest BCUT2D eigenvalue weighted by atomic mass is 9.79. The van der Waals surface area contributed by atoms with Crippen LogP contribution in [0.25, 0.3) is 0 Å². The number of ether oxygens (including phenoxy) is 1. The third-order valence-corrected chi connectivity index (χ3v) is 6.23. The molecule has 1 amide bonds. The Morgan fingerprint density at radius 3 is 3.08 bits per heavy atom. The van der Waals surface area contributed by atoms with Crippen molar-refractivity contribution in [2.45, 2.75) is 69.9 Å². The highest BCUT2D eigenvalue weighted by atomic mass is 16.5. The Bertz CT molecular complexity index is 489. The number of nitrogens with one attached hydrogen (secondary N) is 1. The van der Waals surface area contributed by atoms with Crippen LogP contribution in [0.2, 0.25) is 0 Å². The molecule has 2 N–H and O–H groups in total. The summed E-state index contributed by atoms with van der Waals surface area (Å²) < 4.78 is 5.62. The number of allylic oxidation sites excluding steroid dienone is 1. The molecule has 3 rings (SSSR count). The van der Waals surface area contributed by atoms with Crippen molar-refractivity contribution in [2.24, 2.45) is 5.92 Å². The fourth-order valence-corrected chi connectivity index (χ4v) is 4.62. The average Bonchev–Trinajstić information content (AvgIpc) is 3.03. The van der Waals surface area contributed by atoms with Crippen molar-refractivity contribution < 1.29 is 14.6 Å². The third-order valence-electron chi connectivity index (χ3n) is 6.23. The van der Waals surface area contributed by atoms with Gasteiger partial charge >= 0.3 is 0 Å². The molecule has 0 spiro atoms. The van der Waals surface area contributed by atoms with Crippen molar-refractivity contribution in [2.75, 3.05) is 32.8 Å². The van der Waals surface area contributed by atoms with Crippen LogP contribution >= 0.6 is 0 Å². The van der Waals surface area contributed by atoms with E-state index in [4.69, 9.17) is 4.74 Å². The van der Waals surface area contributed by atoms with Gasteiger partial charge in [0.1, 0.15) is 0 Å². The zero-order valence-electron chi connectivity index (χ0n) is 15.6. The lowest BCUT2D eigenvalue weighted by Crippen LogP contribution is -2.53. The third kappa shape index (κ3) is 5.05. The minimum absolute atomic E-state index is 0.101. The molecule has 0 bridgehead atoms. The molecule has 0 unspecified atom stereocenters. The van der Waals surface area contributed by atoms with Crippen molar-refractivity contribution in [1.29, 1.82) is 0 Å². The molecule has 0 aromatic rings. The van der Waals surface area contributed by atoms with Crippen LogP contribution in [0.5, 0.6) is 0 Å². The summed E-state index contributed by atoms with van der Waals surface area (Å²) in [6.45, 7) is 5.28. The molecule has 0 aromatic heterocycles. The summed E-state index contributed by atoms with van der Waals surface area (Å²) in [4.78, 5) is 14.6. The Hall–Kier alpha value is -0.910. The molecule has 2 heterocycles. The van der Waals surface area contributed by atoms with Gasteiger partial charge in [0.15, 0.2) is 0 Å². The number of hydrogen-bond acceptors (Lipinski definition) is 4. The Balaban J connectivity index is 1.46. The minimum atomic E-state index is -0.685. The van der Waals surface area contributed by atoms with Gasteiger partial charge in [-0.1, -0.05) is 11.6 Å². The van der Waals surface area contributed by atoms with Crippen molar-refractivity contribution in [3.63, 3.8) is 0 Å². The molecule has 3 aliphatic rings. The van der Waals surface area contributed by atoms with Gasteiger partial charge in [-0.3, -0.25) is 9.69 Å². The van der Waals surface area contributed by atoms with Gasteiger partial charge in [0, 0.05) is 25.1 Å². The number of carbonyl (C=O) groups excluding carboxylic acids is 1. The number of rotatable bonds is 6. The number of amides is 1. The zero-order valence-corrected chi connectivity index (χ0v) is 15.6. The van der Waals surface area contributed by atoms with Crippen LogP contribution < -0.4 is 5.32 Å². The van der Waals surface area contributed by atoms with Crippen molar-refractivity contribution in [3.8, 4) is 0 Å². The highest BCUT2D eigenvalue weighted by Crippen LogP contribution is 2.35. The van der Waals surface area contributed by atoms with E-state index >= 15 is 0 Å². The smallest absolute Gasteiger partial charge is 0.234 e. The van der Waals surface area contributed by atoms with Gasteiger partial charge in [-0.15, -0.1) is 0 Å². The van der Waals surface area contributed by atoms with Gasteiger partial charge in [-0.25, -0.2) is 0 Å². The number of aliphatic hydroxyl groups is 1. The first kappa shape index (κ1) is 18.9. The lowest BCUT2D eigenvalue weighted by Gasteiger charge is -2.43. The van der Waals surface area contributed by atoms with Crippen LogP contribution in [0.3, 0.4) is 0 Å². The van der Waals surface area contributed by atoms with E-state index in [1.54, 1.807) is 0 Å². The maximum atomic E-state index is 12.4. The molecule has 0 aromatic carbocycles. The monoisotopic (exact) mass is 350 g/mol. The molecular weight excluding hydrogens is 316 g/mol. The second-order valence-electron chi connectivity index (χ2n) is 8.18. The van der Waals surface area contributed by atoms with Gasteiger partial charge in [-0.2, -0.15) is 0 Å². The molecule has 142 valence electrons. The molecule has 5 nitrogen and oxygen atoms in total. The number of carbonyl (C=O) groups is 1. The zero-order chi connectivity index (χ0) is 17.7. The van der Waals surface area contributed by atoms with Crippen LogP contribution in [0.1, 0.15) is 58.3 Å². The first-order chi connectivity index (χ1) is 12.1. The highest BCUT2D eigenvalue weighted by Gasteiger charge is 2.44. The van der Waals surface area contributed by atoms with Crippen molar-refractivity contribution in [1.82, 2.24) is 10.2 Å². The topological polar surface area (TPSA) is 61.8 Å². The van der Waals surface area contributed by atoms with Crippen LogP contribution in [0.4, 0.5) is 0 Å². The number of likely N-dealkylation sites (tertiary alicyclic amines) is 1. The van der Waals surface area contributed by atoms with Gasteiger partial charge < -0.3 is 15.2 Å². The van der Waals surface area contributed by atoms with E-state index in [-0.39, 0.29) is 17.9 Å². The van der Waals surface area contributed by atoms with E-state index in [0.29, 0.717) is 26.2 Å². The molecule has 0 saturated carbocycles. The highest BCUT2D eigenvalue weighted by molar-refractivity contribution is 5.78. The summed E-state index contributed by atoms with van der Waals surface area (Å²) in [7, 11) is 0. The van der Waals surface area contributed by atoms with Gasteiger partial charge in [0.25, 0.3) is 0 Å². The molecule has 5 heteroatoms. The van der Waals surface area contributed by atoms with Crippen LogP contribution in [0, 0.1) is 5.92 Å². The number of nitrogens with zero attached hydrogens (tertiary/aromatic N) is 1. The first-order valence-electron chi connectivity index (χ1n) is 10.0. The van der Waals surface area contributed by atoms with E-state index in [1.807, 2.05) is 6.92 Å². The molecule has 3 atom stereocenters. The molecule has 0 radical (unpaired) electrons. The first-order valence-corrected chi connectivity index (χ1v) is 10.0. The van der Waals surface area contributed by atoms with Crippen LogP contribution in [-0.2, 0) is 9.53 Å². The van der Waals surface area contributed by atoms with Crippen LogP contribution in [-0.4, -0.2) is 60.4 Å². The van der Waals surface area contributed by atoms with E-state index in [2.05, 4.69) is 16.3 Å². The van der Waals surface area contributed by atoms with E-state index in [1.165, 1.54) is 31.3 Å². The lowest BCUT2D eigenvalue weighted by molar-refractivity contribution is -0.131. The Kier molecular flexibility index (Phi) is 6.53. The van der Waals surface area contributed by atoms with Gasteiger partial charge in [-0.05, 0) is 64.8 Å². The van der Waals surface area contributed by atoms with Gasteiger partial charge in [0.05, 0.1) is 18.8 Å². The predicted octanol–water partition coefficient (Wildman–Crippen LogP) is 2.24. The Morgan fingerprint density at radius 1 is 1.44 bits per heavy atom. The fourth-order valence-electron chi connectivity index (χ4n) is 4.62. The van der Waals surface area contributed by atoms with Gasteiger partial charge in [0.2, 0.25) is 5.91 Å². The Morgan fingerprint density at radius 2 is 2.32 bits per heavy atom. The summed E-state index contributed by atoms with van der Waals surface area (Å²) in [5.41, 5.74) is 0.816. The molecule has 2 aliphatic heterocycles. The van der Waals surface area contributed by atoms with E-state index < -0.39 is 5.60 Å². The maximum Gasteiger partial charge on any atom is 0.234 e. The summed E-state index contributed by atoms with van der Waals surface area (Å²) >= 11 is 0. The summed E-state index contributed by atoms with van der Waals surface area (Å²) in [5.74, 6) is 0.212. The van der Waals surface area contributed by atoms with E-state index in [0.717, 1.165) is 32.4 Å². The maximum absolute atomic E-state index is 12.4. The molecule has 2 fully saturated rings. The number of hydrogen-bond donors (Lipinski definition) is 2. The second-order valence-corrected chi connectivity index (χ2v) is 8.18. The van der Waals surface area contributed by atoms with Crippen molar-refractivity contribution in [3.05, 3.63) is 11.6 Å². The van der Waals surface area contributed by atoms with E-state index in [9.17, 15) is 9.90 Å². The summed E-state index contributed by atoms with van der Waals surface area (Å²) in [5, 5.41) is 13.8. The average molecular weight is 351 g/mol. The molecule has 1 aliphatic carbocycles. The fraction of sp³-hybridized carbons (Fsp3) is 0.850. The second kappa shape index (κ2) is 8.65. The van der Waals surface area contributed by atoms with Crippen molar-refractivity contribution >= 4 is 5.91 Å². The predicted molar refractivity (Wildman–Crippen MR) is 98.3 cm³/mol. The molecule has 25 heavy (non-hydrogen) atoms. The van der Waals surface area contributed by atoms with Crippen LogP contribution in [0.15, 0.2) is 11.6 Å². The summed E-state index contributed by atoms with van der Waals surface area (Å²) in [6.07, 6.45) is 11.1. The standard InChI is InChI=1S/C20H34N2O3/c1-20(24)10-13-25-15-17(20)18-8-5-12-22(18)14-19(23)21-11-9-16-6-3-2-4-7-16/h6,17-18,24H,2-5,7-15H2,1H3,(H,21,23)/t17-,18+,20-/m0/s1.